The van der Waals surface area contributed by atoms with E-state index in [1.54, 1.807) is 12.3 Å². The zero-order valence-corrected chi connectivity index (χ0v) is 23.3. The molecule has 0 unspecified atom stereocenters. The normalized spacial score (nSPS) is 16.9. The molecule has 0 saturated carbocycles. The van der Waals surface area contributed by atoms with Crippen LogP contribution in [0.15, 0.2) is 79.0 Å². The number of aromatic nitrogens is 2. The van der Waals surface area contributed by atoms with Crippen molar-refractivity contribution >= 4 is 52.1 Å². The Morgan fingerprint density at radius 1 is 1.05 bits per heavy atom. The van der Waals surface area contributed by atoms with Gasteiger partial charge in [0.15, 0.2) is 5.11 Å². The molecule has 0 spiro atoms. The number of pyridine rings is 1. The molecule has 38 heavy (non-hydrogen) atoms. The second kappa shape index (κ2) is 11.2. The zero-order valence-electron chi connectivity index (χ0n) is 21.0. The quantitative estimate of drug-likeness (QED) is 0.242. The fraction of sp³-hybridized carbons (Fsp3) is 0.207. The molecule has 5 rings (SSSR count). The second-order valence-electron chi connectivity index (χ2n) is 9.24. The predicted octanol–water partition coefficient (Wildman–Crippen LogP) is 6.80. The fourth-order valence-electron chi connectivity index (χ4n) is 5.07. The molecule has 0 aliphatic carbocycles. The molecule has 194 valence electrons. The van der Waals surface area contributed by atoms with Crippen molar-refractivity contribution in [3.8, 4) is 5.69 Å². The van der Waals surface area contributed by atoms with Crippen molar-refractivity contribution in [2.75, 3.05) is 11.9 Å². The Hall–Kier alpha value is -3.39. The topological polar surface area (TPSA) is 62.2 Å². The highest BCUT2D eigenvalue weighted by Gasteiger charge is 2.41. The van der Waals surface area contributed by atoms with Gasteiger partial charge in [0.05, 0.1) is 28.5 Å². The monoisotopic (exact) mass is 563 g/mol. The maximum Gasteiger partial charge on any atom is 0.226 e. The summed E-state index contributed by atoms with van der Waals surface area (Å²) in [4.78, 5) is 19.5. The molecule has 6 nitrogen and oxygen atoms in total. The number of thiocarbonyl (C=S) groups is 1. The van der Waals surface area contributed by atoms with E-state index in [2.05, 4.69) is 45.0 Å². The smallest absolute Gasteiger partial charge is 0.226 e. The lowest BCUT2D eigenvalue weighted by molar-refractivity contribution is -0.116. The fourth-order valence-corrected chi connectivity index (χ4v) is 5.90. The summed E-state index contributed by atoms with van der Waals surface area (Å²) in [6.45, 7) is 4.57. The Labute approximate surface area is 237 Å². The highest BCUT2D eigenvalue weighted by Crippen LogP contribution is 2.42. The number of hydrogen-bond donors (Lipinski definition) is 2. The van der Waals surface area contributed by atoms with Crippen LogP contribution >= 0.6 is 35.4 Å². The van der Waals surface area contributed by atoms with Crippen LogP contribution in [0.5, 0.6) is 0 Å². The Balaban J connectivity index is 1.49. The first-order valence-electron chi connectivity index (χ1n) is 12.3. The third kappa shape index (κ3) is 5.27. The van der Waals surface area contributed by atoms with Gasteiger partial charge in [-0.2, -0.15) is 0 Å². The van der Waals surface area contributed by atoms with Crippen LogP contribution < -0.4 is 10.6 Å². The lowest BCUT2D eigenvalue weighted by Gasteiger charge is -2.28. The van der Waals surface area contributed by atoms with E-state index in [0.29, 0.717) is 21.7 Å². The number of aryl methyl sites for hydroxylation is 1. The van der Waals surface area contributed by atoms with Crippen molar-refractivity contribution in [2.45, 2.75) is 32.4 Å². The second-order valence-corrected chi connectivity index (χ2v) is 10.5. The van der Waals surface area contributed by atoms with Gasteiger partial charge >= 0.3 is 0 Å². The van der Waals surface area contributed by atoms with E-state index in [1.165, 1.54) is 0 Å². The van der Waals surface area contributed by atoms with Crippen LogP contribution in [0.25, 0.3) is 5.69 Å². The highest BCUT2D eigenvalue weighted by molar-refractivity contribution is 7.80. The van der Waals surface area contributed by atoms with E-state index in [9.17, 15) is 4.79 Å². The van der Waals surface area contributed by atoms with Gasteiger partial charge in [-0.1, -0.05) is 47.5 Å². The lowest BCUT2D eigenvalue weighted by Crippen LogP contribution is -2.32. The number of rotatable bonds is 7. The van der Waals surface area contributed by atoms with E-state index in [-0.39, 0.29) is 24.4 Å². The van der Waals surface area contributed by atoms with Crippen LogP contribution in [0.2, 0.25) is 10.0 Å². The molecule has 4 aromatic rings. The first-order chi connectivity index (χ1) is 18.3. The van der Waals surface area contributed by atoms with Gasteiger partial charge in [0.25, 0.3) is 0 Å². The number of benzene rings is 2. The molecular formula is C29H27Cl2N5OS. The first-order valence-corrected chi connectivity index (χ1v) is 13.5. The molecule has 2 aromatic heterocycles. The summed E-state index contributed by atoms with van der Waals surface area (Å²) in [6.07, 6.45) is 2.06. The summed E-state index contributed by atoms with van der Waals surface area (Å²) in [5.41, 5.74) is 5.65. The van der Waals surface area contributed by atoms with Crippen molar-refractivity contribution in [1.29, 1.82) is 0 Å². The Morgan fingerprint density at radius 3 is 2.53 bits per heavy atom. The van der Waals surface area contributed by atoms with Gasteiger partial charge in [-0.15, -0.1) is 0 Å². The number of hydrogen-bond acceptors (Lipinski definition) is 3. The minimum absolute atomic E-state index is 0.0718. The van der Waals surface area contributed by atoms with Gasteiger partial charge in [0.1, 0.15) is 0 Å². The van der Waals surface area contributed by atoms with Crippen molar-refractivity contribution in [3.05, 3.63) is 112 Å². The average molecular weight is 565 g/mol. The summed E-state index contributed by atoms with van der Waals surface area (Å²) < 4.78 is 2.13. The van der Waals surface area contributed by atoms with Crippen LogP contribution in [0.1, 0.15) is 41.1 Å². The number of carbonyl (C=O) groups is 1. The maximum absolute atomic E-state index is 12.8. The molecule has 1 fully saturated rings. The lowest BCUT2D eigenvalue weighted by atomic mass is 9.96. The molecular weight excluding hydrogens is 537 g/mol. The van der Waals surface area contributed by atoms with Crippen molar-refractivity contribution in [2.24, 2.45) is 0 Å². The Bertz CT molecular complexity index is 1480. The molecule has 0 radical (unpaired) electrons. The molecule has 1 aliphatic rings. The largest absolute Gasteiger partial charge is 0.352 e. The predicted molar refractivity (Wildman–Crippen MR) is 157 cm³/mol. The number of nitrogens with zero attached hydrogens (tertiary/aromatic N) is 3. The van der Waals surface area contributed by atoms with Crippen molar-refractivity contribution < 1.29 is 4.79 Å². The SMILES string of the molecule is Cc1cc([C@@H]2[C@H](c3ccccn3)NC(=S)N2CCC(=O)Nc2ccccc2)c(C)n1-c1ccc(Cl)cc1Cl. The van der Waals surface area contributed by atoms with E-state index in [0.717, 1.165) is 34.0 Å². The van der Waals surface area contributed by atoms with Crippen molar-refractivity contribution in [1.82, 2.24) is 19.8 Å². The number of carbonyl (C=O) groups excluding carboxylic acids is 1. The van der Waals surface area contributed by atoms with Gasteiger partial charge in [0.2, 0.25) is 5.91 Å². The van der Waals surface area contributed by atoms with Crippen LogP contribution in [0.3, 0.4) is 0 Å². The summed E-state index contributed by atoms with van der Waals surface area (Å²) in [7, 11) is 0. The molecule has 9 heteroatoms. The molecule has 3 heterocycles. The molecule has 0 bridgehead atoms. The third-order valence-electron chi connectivity index (χ3n) is 6.77. The van der Waals surface area contributed by atoms with Crippen LogP contribution in [0, 0.1) is 13.8 Å². The number of anilines is 1. The summed E-state index contributed by atoms with van der Waals surface area (Å²) in [5, 5.41) is 8.18. The van der Waals surface area contributed by atoms with E-state index in [4.69, 9.17) is 35.4 Å². The van der Waals surface area contributed by atoms with Crippen molar-refractivity contribution in [3.63, 3.8) is 0 Å². The standard InChI is InChI=1S/C29H27Cl2N5OS/c1-18-16-22(19(2)36(18)25-12-11-20(30)17-23(25)31)28-27(24-10-6-7-14-32-24)34-29(38)35(28)15-13-26(37)33-21-8-4-3-5-9-21/h3-12,14,16-17,27-28H,13,15H2,1-2H3,(H,33,37)(H,34,38)/t27-,28+/m0/s1. The van der Waals surface area contributed by atoms with Gasteiger partial charge in [-0.05, 0) is 80.2 Å². The number of amides is 1. The minimum atomic E-state index is -0.185. The van der Waals surface area contributed by atoms with E-state index >= 15 is 0 Å². The summed E-state index contributed by atoms with van der Waals surface area (Å²) >= 11 is 18.6. The van der Waals surface area contributed by atoms with Gasteiger partial charge in [-0.3, -0.25) is 9.78 Å². The third-order valence-corrected chi connectivity index (χ3v) is 7.66. The Morgan fingerprint density at radius 2 is 1.82 bits per heavy atom. The molecule has 1 aliphatic heterocycles. The maximum atomic E-state index is 12.8. The molecule has 2 N–H and O–H groups in total. The summed E-state index contributed by atoms with van der Waals surface area (Å²) in [5.74, 6) is -0.0718. The first kappa shape index (κ1) is 26.2. The zero-order chi connectivity index (χ0) is 26.8. The average Bonchev–Trinajstić information content (AvgIpc) is 3.38. The number of para-hydroxylation sites is 1. The minimum Gasteiger partial charge on any atom is -0.352 e. The molecule has 1 saturated heterocycles. The van der Waals surface area contributed by atoms with Gasteiger partial charge in [-0.25, -0.2) is 0 Å². The van der Waals surface area contributed by atoms with Crippen LogP contribution in [-0.2, 0) is 4.79 Å². The number of halogens is 2. The molecule has 1 amide bonds. The van der Waals surface area contributed by atoms with E-state index < -0.39 is 0 Å². The highest BCUT2D eigenvalue weighted by atomic mass is 35.5. The Kier molecular flexibility index (Phi) is 7.70. The number of nitrogens with one attached hydrogen (secondary N) is 2. The van der Waals surface area contributed by atoms with Crippen LogP contribution in [0.4, 0.5) is 5.69 Å². The van der Waals surface area contributed by atoms with E-state index in [1.807, 2.05) is 60.7 Å². The van der Waals surface area contributed by atoms with Gasteiger partial charge < -0.3 is 20.1 Å². The molecule has 2 atom stereocenters. The summed E-state index contributed by atoms with van der Waals surface area (Å²) in [6, 6.07) is 22.6. The van der Waals surface area contributed by atoms with Crippen LogP contribution in [-0.4, -0.2) is 32.0 Å². The molecule has 2 aromatic carbocycles. The van der Waals surface area contributed by atoms with Gasteiger partial charge in [0, 0.05) is 41.3 Å².